The van der Waals surface area contributed by atoms with Gasteiger partial charge < -0.3 is 9.64 Å². The maximum atomic E-state index is 12.5. The number of alkyl halides is 3. The molecule has 2 rings (SSSR count). The number of carbonyl (C=O) groups is 1. The zero-order valence-corrected chi connectivity index (χ0v) is 16.2. The van der Waals surface area contributed by atoms with Gasteiger partial charge in [-0.1, -0.05) is 6.07 Å². The van der Waals surface area contributed by atoms with Crippen molar-refractivity contribution in [2.75, 3.05) is 13.6 Å². The van der Waals surface area contributed by atoms with Gasteiger partial charge in [-0.2, -0.15) is 13.2 Å². The van der Waals surface area contributed by atoms with E-state index in [4.69, 9.17) is 4.74 Å². The van der Waals surface area contributed by atoms with Crippen LogP contribution >= 0.6 is 0 Å². The van der Waals surface area contributed by atoms with Crippen LogP contribution in [0.2, 0.25) is 0 Å². The molecule has 0 unspecified atom stereocenters. The number of esters is 1. The Kier molecular flexibility index (Phi) is 6.77. The summed E-state index contributed by atoms with van der Waals surface area (Å²) in [4.78, 5) is 22.1. The molecule has 1 aromatic heterocycles. The highest BCUT2D eigenvalue weighted by atomic mass is 19.4. The molecule has 0 radical (unpaired) electrons. The van der Waals surface area contributed by atoms with Crippen molar-refractivity contribution in [3.8, 4) is 0 Å². The number of aryl methyl sites for hydroxylation is 2. The van der Waals surface area contributed by atoms with Crippen LogP contribution in [0.15, 0.2) is 35.5 Å². The lowest BCUT2D eigenvalue weighted by molar-refractivity contribution is -0.141. The smallest absolute Gasteiger partial charge is 0.433 e. The third-order valence-electron chi connectivity index (χ3n) is 4.14. The van der Waals surface area contributed by atoms with Gasteiger partial charge in [0.05, 0.1) is 17.6 Å². The van der Waals surface area contributed by atoms with Crippen LogP contribution in [0.5, 0.6) is 0 Å². The van der Waals surface area contributed by atoms with Crippen molar-refractivity contribution in [3.63, 3.8) is 0 Å². The van der Waals surface area contributed by atoms with Crippen LogP contribution in [0.3, 0.4) is 0 Å². The maximum absolute atomic E-state index is 12.5. The van der Waals surface area contributed by atoms with Crippen molar-refractivity contribution >= 4 is 18.0 Å². The number of hydrogen-bond donors (Lipinski definition) is 0. The molecule has 0 amide bonds. The summed E-state index contributed by atoms with van der Waals surface area (Å²) in [6, 6.07) is 5.59. The lowest BCUT2D eigenvalue weighted by atomic mass is 10.0. The summed E-state index contributed by atoms with van der Waals surface area (Å²) in [5, 5.41) is 0. The molecule has 0 saturated heterocycles. The molecule has 150 valence electrons. The number of hydrogen-bond acceptors (Lipinski definition) is 4. The van der Waals surface area contributed by atoms with Crippen LogP contribution in [0.1, 0.15) is 39.7 Å². The minimum Gasteiger partial charge on any atom is -0.457 e. The first kappa shape index (κ1) is 21.4. The highest BCUT2D eigenvalue weighted by Gasteiger charge is 2.32. The van der Waals surface area contributed by atoms with E-state index >= 15 is 0 Å². The van der Waals surface area contributed by atoms with Crippen molar-refractivity contribution in [1.82, 2.24) is 9.88 Å². The summed E-state index contributed by atoms with van der Waals surface area (Å²) in [5.41, 5.74) is 2.04. The molecule has 0 saturated carbocycles. The van der Waals surface area contributed by atoms with Gasteiger partial charge in [0.2, 0.25) is 0 Å². The van der Waals surface area contributed by atoms with E-state index in [1.165, 1.54) is 6.07 Å². The maximum Gasteiger partial charge on any atom is 0.433 e. The Morgan fingerprint density at radius 3 is 2.54 bits per heavy atom. The zero-order chi connectivity index (χ0) is 20.9. The number of aromatic nitrogens is 1. The number of benzene rings is 1. The molecule has 2 aromatic rings. The van der Waals surface area contributed by atoms with Gasteiger partial charge >= 0.3 is 12.1 Å². The Balaban J connectivity index is 2.08. The van der Waals surface area contributed by atoms with Gasteiger partial charge in [0.25, 0.3) is 0 Å². The van der Waals surface area contributed by atoms with Crippen LogP contribution in [0, 0.1) is 13.8 Å². The molecule has 0 aliphatic heterocycles. The van der Waals surface area contributed by atoms with E-state index < -0.39 is 17.8 Å². The fraction of sp³-hybridized carbons (Fsp3) is 0.350. The second-order valence-electron chi connectivity index (χ2n) is 6.40. The molecule has 1 aromatic carbocycles. The molecule has 0 bridgehead atoms. The van der Waals surface area contributed by atoms with E-state index in [1.807, 2.05) is 25.8 Å². The van der Waals surface area contributed by atoms with Crippen molar-refractivity contribution in [1.29, 1.82) is 0 Å². The topological polar surface area (TPSA) is 54.8 Å². The van der Waals surface area contributed by atoms with Gasteiger partial charge in [-0.15, -0.1) is 0 Å². The summed E-state index contributed by atoms with van der Waals surface area (Å²) >= 11 is 0. The molecule has 0 fully saturated rings. The molecule has 0 atom stereocenters. The summed E-state index contributed by atoms with van der Waals surface area (Å²) < 4.78 is 42.8. The third kappa shape index (κ3) is 5.55. The highest BCUT2D eigenvalue weighted by molar-refractivity contribution is 5.92. The van der Waals surface area contributed by atoms with Crippen molar-refractivity contribution < 1.29 is 22.7 Å². The summed E-state index contributed by atoms with van der Waals surface area (Å²) in [7, 11) is 1.91. The van der Waals surface area contributed by atoms with E-state index in [0.717, 1.165) is 30.1 Å². The molecule has 5 nitrogen and oxygen atoms in total. The molecule has 8 heteroatoms. The van der Waals surface area contributed by atoms with Gasteiger partial charge in [0.15, 0.2) is 0 Å². The molecule has 28 heavy (non-hydrogen) atoms. The van der Waals surface area contributed by atoms with Crippen LogP contribution < -0.4 is 0 Å². The zero-order valence-electron chi connectivity index (χ0n) is 16.2. The quantitative estimate of drug-likeness (QED) is 0.406. The monoisotopic (exact) mass is 393 g/mol. The standard InChI is InChI=1S/C20H22F3N3O2/c1-5-26(4)12-25-17-9-13(2)16(8-14(17)3)19(27)28-11-15-6-7-18(24-10-15)20(21,22)23/h6-10,12H,5,11H2,1-4H3. The predicted molar refractivity (Wildman–Crippen MR) is 101 cm³/mol. The van der Waals surface area contributed by atoms with Gasteiger partial charge in [-0.25, -0.2) is 9.79 Å². The summed E-state index contributed by atoms with van der Waals surface area (Å²) in [6.07, 6.45) is -1.73. The van der Waals surface area contributed by atoms with Crippen molar-refractivity contribution in [3.05, 3.63) is 58.4 Å². The van der Waals surface area contributed by atoms with E-state index in [-0.39, 0.29) is 6.61 Å². The van der Waals surface area contributed by atoms with Crippen LogP contribution in [-0.2, 0) is 17.5 Å². The number of pyridine rings is 1. The number of ether oxygens (including phenoxy) is 1. The second-order valence-corrected chi connectivity index (χ2v) is 6.40. The predicted octanol–water partition coefficient (Wildman–Crippen LogP) is 4.69. The summed E-state index contributed by atoms with van der Waals surface area (Å²) in [6.45, 7) is 6.29. The molecular formula is C20H22F3N3O2. The number of nitrogens with zero attached hydrogens (tertiary/aromatic N) is 3. The fourth-order valence-electron chi connectivity index (χ4n) is 2.31. The first-order valence-corrected chi connectivity index (χ1v) is 8.66. The molecule has 0 N–H and O–H groups in total. The third-order valence-corrected chi connectivity index (χ3v) is 4.14. The first-order valence-electron chi connectivity index (χ1n) is 8.66. The Morgan fingerprint density at radius 1 is 1.25 bits per heavy atom. The Morgan fingerprint density at radius 2 is 1.96 bits per heavy atom. The Bertz CT molecular complexity index is 862. The van der Waals surface area contributed by atoms with Crippen LogP contribution in [0.25, 0.3) is 0 Å². The van der Waals surface area contributed by atoms with Crippen molar-refractivity contribution in [2.24, 2.45) is 4.99 Å². The average Bonchev–Trinajstić information content (AvgIpc) is 2.65. The molecule has 0 spiro atoms. The number of carbonyl (C=O) groups excluding carboxylic acids is 1. The van der Waals surface area contributed by atoms with Crippen LogP contribution in [-0.4, -0.2) is 35.8 Å². The van der Waals surface area contributed by atoms with Gasteiger partial charge in [0, 0.05) is 25.4 Å². The molecule has 1 heterocycles. The van der Waals surface area contributed by atoms with E-state index in [0.29, 0.717) is 16.7 Å². The van der Waals surface area contributed by atoms with Crippen LogP contribution in [0.4, 0.5) is 18.9 Å². The molecular weight excluding hydrogens is 371 g/mol. The van der Waals surface area contributed by atoms with Crippen molar-refractivity contribution in [2.45, 2.75) is 33.6 Å². The molecule has 0 aliphatic carbocycles. The van der Waals surface area contributed by atoms with E-state index in [9.17, 15) is 18.0 Å². The number of aliphatic imine (C=N–C) groups is 1. The van der Waals surface area contributed by atoms with Gasteiger partial charge in [0.1, 0.15) is 12.3 Å². The SMILES string of the molecule is CCN(C)C=Nc1cc(C)c(C(=O)OCc2ccc(C(F)(F)F)nc2)cc1C. The Labute approximate surface area is 161 Å². The highest BCUT2D eigenvalue weighted by Crippen LogP contribution is 2.27. The Hall–Kier alpha value is -2.90. The second kappa shape index (κ2) is 8.86. The first-order chi connectivity index (χ1) is 13.1. The van der Waals surface area contributed by atoms with E-state index in [1.54, 1.807) is 25.4 Å². The average molecular weight is 393 g/mol. The largest absolute Gasteiger partial charge is 0.457 e. The summed E-state index contributed by atoms with van der Waals surface area (Å²) in [5.74, 6) is -0.554. The number of halogens is 3. The minimum atomic E-state index is -4.50. The fourth-order valence-corrected chi connectivity index (χ4v) is 2.31. The molecule has 0 aliphatic rings. The lowest BCUT2D eigenvalue weighted by Gasteiger charge is -2.12. The minimum absolute atomic E-state index is 0.163. The normalized spacial score (nSPS) is 11.7. The van der Waals surface area contributed by atoms with Gasteiger partial charge in [-0.05, 0) is 50.1 Å². The van der Waals surface area contributed by atoms with Gasteiger partial charge in [-0.3, -0.25) is 4.98 Å². The van der Waals surface area contributed by atoms with E-state index in [2.05, 4.69) is 9.98 Å². The number of rotatable bonds is 6. The lowest BCUT2D eigenvalue weighted by Crippen LogP contribution is -2.14.